The molecule has 1 atom stereocenters. The number of aromatic nitrogens is 1. The van der Waals surface area contributed by atoms with E-state index >= 15 is 0 Å². The van der Waals surface area contributed by atoms with Crippen LogP contribution in [0.2, 0.25) is 0 Å². The Hall–Kier alpha value is -1.96. The molecular weight excluding hydrogens is 428 g/mol. The largest absolute Gasteiger partial charge is 0.480 e. The lowest BCUT2D eigenvalue weighted by atomic mass is 10.0. The number of nitrogens with one attached hydrogen (secondary N) is 1. The van der Waals surface area contributed by atoms with E-state index in [1.807, 2.05) is 29.6 Å². The Balaban J connectivity index is 0.00000225. The van der Waals surface area contributed by atoms with Crippen molar-refractivity contribution in [2.45, 2.75) is 12.5 Å². The van der Waals surface area contributed by atoms with Gasteiger partial charge in [0, 0.05) is 28.0 Å². The lowest BCUT2D eigenvalue weighted by molar-refractivity contribution is -0.139. The molecular formula is C17H14BrClN2O3S. The predicted octanol–water partition coefficient (Wildman–Crippen LogP) is 3.91. The molecule has 1 unspecified atom stereocenters. The summed E-state index contributed by atoms with van der Waals surface area (Å²) in [6.07, 6.45) is 3.19. The second-order valence-corrected chi connectivity index (χ2v) is 7.04. The van der Waals surface area contributed by atoms with Crippen LogP contribution in [0, 0.1) is 0 Å². The monoisotopic (exact) mass is 440 g/mol. The van der Waals surface area contributed by atoms with Crippen molar-refractivity contribution in [2.75, 3.05) is 0 Å². The molecule has 0 saturated carbocycles. The van der Waals surface area contributed by atoms with Gasteiger partial charge in [-0.05, 0) is 44.4 Å². The molecule has 5 nitrogen and oxygen atoms in total. The number of nitrogens with zero attached hydrogens (tertiary/aromatic N) is 1. The van der Waals surface area contributed by atoms with Crippen molar-refractivity contribution in [2.24, 2.45) is 0 Å². The molecule has 1 aromatic carbocycles. The van der Waals surface area contributed by atoms with Crippen molar-refractivity contribution >= 4 is 61.6 Å². The molecule has 0 spiro atoms. The van der Waals surface area contributed by atoms with Gasteiger partial charge >= 0.3 is 5.97 Å². The lowest BCUT2D eigenvalue weighted by Crippen LogP contribution is -2.42. The van der Waals surface area contributed by atoms with Gasteiger partial charge in [-0.15, -0.1) is 23.7 Å². The van der Waals surface area contributed by atoms with Gasteiger partial charge in [0.25, 0.3) is 5.91 Å². The zero-order valence-corrected chi connectivity index (χ0v) is 16.0. The zero-order valence-electron chi connectivity index (χ0n) is 12.8. The van der Waals surface area contributed by atoms with Gasteiger partial charge in [0.05, 0.1) is 5.56 Å². The average Bonchev–Trinajstić information content (AvgIpc) is 2.97. The third-order valence-corrected chi connectivity index (χ3v) is 5.00. The first kappa shape index (κ1) is 19.4. The van der Waals surface area contributed by atoms with Crippen LogP contribution < -0.4 is 5.32 Å². The lowest BCUT2D eigenvalue weighted by Gasteiger charge is -2.14. The second-order valence-electron chi connectivity index (χ2n) is 5.22. The maximum Gasteiger partial charge on any atom is 0.326 e. The molecule has 2 aromatic heterocycles. The number of hydrogen-bond acceptors (Lipinski definition) is 4. The molecule has 0 saturated heterocycles. The fourth-order valence-electron chi connectivity index (χ4n) is 2.39. The number of thiophene rings is 1. The highest BCUT2D eigenvalue weighted by molar-refractivity contribution is 9.10. The number of carbonyl (C=O) groups excluding carboxylic acids is 1. The Morgan fingerprint density at radius 1 is 1.28 bits per heavy atom. The Kier molecular flexibility index (Phi) is 6.52. The van der Waals surface area contributed by atoms with Gasteiger partial charge in [-0.25, -0.2) is 4.79 Å². The summed E-state index contributed by atoms with van der Waals surface area (Å²) in [6.45, 7) is 0. The van der Waals surface area contributed by atoms with E-state index in [9.17, 15) is 14.7 Å². The maximum atomic E-state index is 12.3. The number of amides is 1. The Bertz CT molecular complexity index is 916. The normalized spacial score (nSPS) is 11.6. The predicted molar refractivity (Wildman–Crippen MR) is 104 cm³/mol. The smallest absolute Gasteiger partial charge is 0.326 e. The summed E-state index contributed by atoms with van der Waals surface area (Å²) in [5, 5.41) is 15.0. The van der Waals surface area contributed by atoms with Gasteiger partial charge in [0.1, 0.15) is 6.04 Å². The quantitative estimate of drug-likeness (QED) is 0.629. The number of aliphatic carboxylic acids is 1. The van der Waals surface area contributed by atoms with Gasteiger partial charge in [0.2, 0.25) is 0 Å². The highest BCUT2D eigenvalue weighted by Crippen LogP contribution is 2.26. The molecule has 1 amide bonds. The van der Waals surface area contributed by atoms with E-state index in [2.05, 4.69) is 26.2 Å². The number of carboxylic acids is 1. The van der Waals surface area contributed by atoms with Crippen molar-refractivity contribution in [3.05, 3.63) is 63.7 Å². The fraction of sp³-hybridized carbons (Fsp3) is 0.118. The molecule has 8 heteroatoms. The van der Waals surface area contributed by atoms with Crippen molar-refractivity contribution in [1.29, 1.82) is 0 Å². The van der Waals surface area contributed by atoms with Crippen molar-refractivity contribution in [3.63, 3.8) is 0 Å². The number of carboxylic acid groups (broad SMARTS) is 1. The first-order valence-electron chi connectivity index (χ1n) is 7.14. The SMILES string of the molecule is Cl.O=C(NC(Cc1csc2ccccc12)C(=O)O)c1cncc(Br)c1. The summed E-state index contributed by atoms with van der Waals surface area (Å²) < 4.78 is 1.75. The number of hydrogen-bond donors (Lipinski definition) is 2. The molecule has 2 N–H and O–H groups in total. The van der Waals surface area contributed by atoms with E-state index in [-0.39, 0.29) is 18.8 Å². The minimum atomic E-state index is -1.07. The number of pyridine rings is 1. The van der Waals surface area contributed by atoms with Crippen LogP contribution >= 0.6 is 39.7 Å². The second kappa shape index (κ2) is 8.42. The Labute approximate surface area is 162 Å². The summed E-state index contributed by atoms with van der Waals surface area (Å²) >= 11 is 4.81. The highest BCUT2D eigenvalue weighted by Gasteiger charge is 2.22. The summed E-state index contributed by atoms with van der Waals surface area (Å²) in [4.78, 5) is 27.8. The van der Waals surface area contributed by atoms with Gasteiger partial charge in [0.15, 0.2) is 0 Å². The van der Waals surface area contributed by atoms with Gasteiger partial charge in [-0.2, -0.15) is 0 Å². The van der Waals surface area contributed by atoms with E-state index in [1.165, 1.54) is 6.20 Å². The van der Waals surface area contributed by atoms with Crippen LogP contribution in [0.4, 0.5) is 0 Å². The molecule has 0 fully saturated rings. The van der Waals surface area contributed by atoms with Gasteiger partial charge in [-0.3, -0.25) is 9.78 Å². The number of benzene rings is 1. The molecule has 0 aliphatic rings. The van der Waals surface area contributed by atoms with E-state index in [0.29, 0.717) is 10.0 Å². The molecule has 3 aromatic rings. The van der Waals surface area contributed by atoms with Crippen molar-refractivity contribution < 1.29 is 14.7 Å². The van der Waals surface area contributed by atoms with Gasteiger partial charge in [-0.1, -0.05) is 18.2 Å². The van der Waals surface area contributed by atoms with Crippen LogP contribution in [0.25, 0.3) is 10.1 Å². The van der Waals surface area contributed by atoms with Gasteiger partial charge < -0.3 is 10.4 Å². The van der Waals surface area contributed by atoms with E-state index < -0.39 is 17.9 Å². The first-order chi connectivity index (χ1) is 11.5. The third-order valence-electron chi connectivity index (χ3n) is 3.56. The summed E-state index contributed by atoms with van der Waals surface area (Å²) in [5.74, 6) is -1.53. The van der Waals surface area contributed by atoms with Crippen LogP contribution in [0.3, 0.4) is 0 Å². The topological polar surface area (TPSA) is 79.3 Å². The molecule has 25 heavy (non-hydrogen) atoms. The van der Waals surface area contributed by atoms with Crippen LogP contribution in [-0.2, 0) is 11.2 Å². The van der Waals surface area contributed by atoms with Crippen LogP contribution in [-0.4, -0.2) is 28.0 Å². The zero-order chi connectivity index (χ0) is 17.1. The molecule has 0 bridgehead atoms. The number of rotatable bonds is 5. The van der Waals surface area contributed by atoms with Crippen LogP contribution in [0.15, 0.2) is 52.6 Å². The number of halogens is 2. The molecule has 0 aliphatic carbocycles. The molecule has 130 valence electrons. The molecule has 0 radical (unpaired) electrons. The number of carbonyl (C=O) groups is 2. The van der Waals surface area contributed by atoms with E-state index in [1.54, 1.807) is 23.6 Å². The summed E-state index contributed by atoms with van der Waals surface area (Å²) in [7, 11) is 0. The minimum absolute atomic E-state index is 0. The summed E-state index contributed by atoms with van der Waals surface area (Å²) in [5.41, 5.74) is 1.22. The highest BCUT2D eigenvalue weighted by atomic mass is 79.9. The Morgan fingerprint density at radius 3 is 2.76 bits per heavy atom. The minimum Gasteiger partial charge on any atom is -0.480 e. The summed E-state index contributed by atoms with van der Waals surface area (Å²) in [6, 6.07) is 8.40. The van der Waals surface area contributed by atoms with Crippen LogP contribution in [0.1, 0.15) is 15.9 Å². The first-order valence-corrected chi connectivity index (χ1v) is 8.81. The standard InChI is InChI=1S/C17H13BrN2O3S.ClH/c18-12-5-10(7-19-8-12)16(21)20-14(17(22)23)6-11-9-24-15-4-2-1-3-13(11)15;/h1-5,7-9,14H,6H2,(H,20,21)(H,22,23);1H. The van der Waals surface area contributed by atoms with E-state index in [4.69, 9.17) is 0 Å². The fourth-order valence-corrected chi connectivity index (χ4v) is 3.73. The maximum absolute atomic E-state index is 12.3. The molecule has 3 rings (SSSR count). The molecule has 2 heterocycles. The molecule has 0 aliphatic heterocycles. The number of fused-ring (bicyclic) bond motifs is 1. The van der Waals surface area contributed by atoms with Crippen molar-refractivity contribution in [1.82, 2.24) is 10.3 Å². The average molecular weight is 442 g/mol. The Morgan fingerprint density at radius 2 is 2.04 bits per heavy atom. The van der Waals surface area contributed by atoms with Crippen LogP contribution in [0.5, 0.6) is 0 Å². The van der Waals surface area contributed by atoms with E-state index in [0.717, 1.165) is 15.6 Å². The van der Waals surface area contributed by atoms with Crippen molar-refractivity contribution in [3.8, 4) is 0 Å². The third kappa shape index (κ3) is 4.56.